The SMILES string of the molecule is CC1(O)COC(OC2C(NC(CO)CO)CC(N)C(C3OC(CNCC4CC(N)C4)=CCC3N)C2O)C(O)C1. The van der Waals surface area contributed by atoms with Crippen molar-refractivity contribution in [2.45, 2.75) is 106 Å². The summed E-state index contributed by atoms with van der Waals surface area (Å²) in [5, 5.41) is 58.4. The van der Waals surface area contributed by atoms with Crippen LogP contribution in [0, 0.1) is 11.8 Å². The van der Waals surface area contributed by atoms with Crippen LogP contribution in [-0.4, -0.2) is 125 Å². The van der Waals surface area contributed by atoms with Crippen LogP contribution in [-0.2, 0) is 14.2 Å². The average molecular weight is 560 g/mol. The van der Waals surface area contributed by atoms with Gasteiger partial charge in [0.2, 0.25) is 0 Å². The van der Waals surface area contributed by atoms with Crippen LogP contribution in [0.3, 0.4) is 0 Å². The van der Waals surface area contributed by atoms with Crippen LogP contribution >= 0.6 is 0 Å². The predicted octanol–water partition coefficient (Wildman–Crippen LogP) is -3.42. The Kier molecular flexibility index (Phi) is 10.6. The van der Waals surface area contributed by atoms with Crippen molar-refractivity contribution in [3.8, 4) is 0 Å². The molecule has 13 nitrogen and oxygen atoms in total. The molecular weight excluding hydrogens is 510 g/mol. The van der Waals surface area contributed by atoms with Gasteiger partial charge in [-0.2, -0.15) is 0 Å². The molecule has 1 saturated heterocycles. The molecule has 2 heterocycles. The fourth-order valence-corrected chi connectivity index (χ4v) is 6.34. The van der Waals surface area contributed by atoms with E-state index in [-0.39, 0.29) is 26.2 Å². The van der Waals surface area contributed by atoms with E-state index in [2.05, 4.69) is 10.6 Å². The summed E-state index contributed by atoms with van der Waals surface area (Å²) in [6, 6.07) is -1.87. The number of hydrogen-bond acceptors (Lipinski definition) is 13. The lowest BCUT2D eigenvalue weighted by Gasteiger charge is -2.50. The highest BCUT2D eigenvalue weighted by Crippen LogP contribution is 2.36. The van der Waals surface area contributed by atoms with Crippen LogP contribution in [0.2, 0.25) is 0 Å². The molecule has 0 spiro atoms. The second-order valence-electron chi connectivity index (χ2n) is 12.2. The molecule has 0 aromatic carbocycles. The van der Waals surface area contributed by atoms with Gasteiger partial charge in [-0.3, -0.25) is 0 Å². The largest absolute Gasteiger partial charge is 0.492 e. The van der Waals surface area contributed by atoms with Crippen molar-refractivity contribution >= 4 is 0 Å². The second kappa shape index (κ2) is 13.4. The molecule has 3 fully saturated rings. The van der Waals surface area contributed by atoms with Gasteiger partial charge in [0.15, 0.2) is 6.29 Å². The molecule has 0 bridgehead atoms. The third-order valence-corrected chi connectivity index (χ3v) is 8.56. The van der Waals surface area contributed by atoms with E-state index in [1.165, 1.54) is 0 Å². The Morgan fingerprint density at radius 1 is 1.13 bits per heavy atom. The molecule has 10 atom stereocenters. The van der Waals surface area contributed by atoms with Crippen molar-refractivity contribution in [2.24, 2.45) is 29.0 Å². The molecule has 13 heteroatoms. The zero-order valence-corrected chi connectivity index (χ0v) is 22.8. The van der Waals surface area contributed by atoms with Crippen molar-refractivity contribution in [3.63, 3.8) is 0 Å². The number of nitrogens with two attached hydrogens (primary N) is 3. The number of aliphatic hydroxyl groups is 5. The molecular formula is C26H49N5O8. The second-order valence-corrected chi connectivity index (χ2v) is 12.2. The van der Waals surface area contributed by atoms with Crippen LogP contribution in [0.4, 0.5) is 0 Å². The number of ether oxygens (including phenoxy) is 3. The lowest BCUT2D eigenvalue weighted by Crippen LogP contribution is -2.68. The summed E-state index contributed by atoms with van der Waals surface area (Å²) in [6.07, 6.45) is 0.0524. The monoisotopic (exact) mass is 559 g/mol. The molecule has 0 radical (unpaired) electrons. The van der Waals surface area contributed by atoms with Gasteiger partial charge in [0.05, 0.1) is 44.1 Å². The maximum atomic E-state index is 11.7. The quantitative estimate of drug-likeness (QED) is 0.119. The van der Waals surface area contributed by atoms with Crippen molar-refractivity contribution in [2.75, 3.05) is 32.9 Å². The van der Waals surface area contributed by atoms with Gasteiger partial charge in [-0.1, -0.05) is 0 Å². The third kappa shape index (κ3) is 7.67. The minimum absolute atomic E-state index is 0.0426. The molecule has 4 aliphatic rings. The Labute approximate surface area is 230 Å². The van der Waals surface area contributed by atoms with Gasteiger partial charge in [0.25, 0.3) is 0 Å². The lowest BCUT2D eigenvalue weighted by atomic mass is 9.72. The molecule has 226 valence electrons. The topological polar surface area (TPSA) is 231 Å². The van der Waals surface area contributed by atoms with Gasteiger partial charge in [0, 0.05) is 36.5 Å². The van der Waals surface area contributed by atoms with Gasteiger partial charge < -0.3 is 67.6 Å². The minimum Gasteiger partial charge on any atom is -0.492 e. The van der Waals surface area contributed by atoms with Crippen molar-refractivity contribution in [1.82, 2.24) is 10.6 Å². The summed E-state index contributed by atoms with van der Waals surface area (Å²) in [7, 11) is 0. The molecule has 2 aliphatic carbocycles. The Morgan fingerprint density at radius 3 is 2.49 bits per heavy atom. The minimum atomic E-state index is -1.20. The summed E-state index contributed by atoms with van der Waals surface area (Å²) < 4.78 is 18.1. The molecule has 13 N–H and O–H groups in total. The highest BCUT2D eigenvalue weighted by atomic mass is 16.7. The third-order valence-electron chi connectivity index (χ3n) is 8.56. The fraction of sp³-hybridized carbons (Fsp3) is 0.923. The Morgan fingerprint density at radius 2 is 1.85 bits per heavy atom. The lowest BCUT2D eigenvalue weighted by molar-refractivity contribution is -0.290. The van der Waals surface area contributed by atoms with Gasteiger partial charge >= 0.3 is 0 Å². The maximum absolute atomic E-state index is 11.7. The number of aliphatic hydroxyl groups excluding tert-OH is 4. The van der Waals surface area contributed by atoms with E-state index in [1.807, 2.05) is 6.08 Å². The summed E-state index contributed by atoms with van der Waals surface area (Å²) >= 11 is 0. The van der Waals surface area contributed by atoms with E-state index < -0.39 is 66.4 Å². The summed E-state index contributed by atoms with van der Waals surface area (Å²) in [5.74, 6) is 0.721. The van der Waals surface area contributed by atoms with E-state index in [1.54, 1.807) is 6.92 Å². The van der Waals surface area contributed by atoms with E-state index in [9.17, 15) is 25.5 Å². The first kappa shape index (κ1) is 31.0. The molecule has 10 unspecified atom stereocenters. The molecule has 2 saturated carbocycles. The standard InChI is InChI=1S/C26H49N5O8/c1-26(36)7-20(34)25(37-12-26)39-24-19(31-15(10-32)11-33)6-18(29)21(22(24)35)23-17(28)3-2-16(38-23)9-30-8-13-4-14(27)5-13/h2,13-15,17-25,30-36H,3-12,27-29H2,1H3. The smallest absolute Gasteiger partial charge is 0.184 e. The zero-order valence-electron chi connectivity index (χ0n) is 22.8. The fourth-order valence-electron chi connectivity index (χ4n) is 6.34. The van der Waals surface area contributed by atoms with Gasteiger partial charge in [-0.25, -0.2) is 0 Å². The molecule has 4 rings (SSSR count). The zero-order chi connectivity index (χ0) is 28.3. The van der Waals surface area contributed by atoms with Crippen LogP contribution in [0.5, 0.6) is 0 Å². The van der Waals surface area contributed by atoms with E-state index >= 15 is 0 Å². The highest BCUT2D eigenvalue weighted by Gasteiger charge is 2.51. The van der Waals surface area contributed by atoms with Gasteiger partial charge in [-0.15, -0.1) is 0 Å². The summed E-state index contributed by atoms with van der Waals surface area (Å²) in [6.45, 7) is 2.26. The highest BCUT2D eigenvalue weighted by molar-refractivity contribution is 5.10. The summed E-state index contributed by atoms with van der Waals surface area (Å²) in [5.41, 5.74) is 17.8. The van der Waals surface area contributed by atoms with E-state index in [4.69, 9.17) is 31.4 Å². The van der Waals surface area contributed by atoms with Crippen LogP contribution in [0.15, 0.2) is 11.8 Å². The Balaban J connectivity index is 1.45. The number of nitrogens with one attached hydrogen (secondary N) is 2. The first-order valence-electron chi connectivity index (χ1n) is 14.2. The number of hydrogen-bond donors (Lipinski definition) is 10. The van der Waals surface area contributed by atoms with Crippen LogP contribution < -0.4 is 27.8 Å². The Bertz CT molecular complexity index is 811. The van der Waals surface area contributed by atoms with E-state index in [0.717, 1.165) is 25.1 Å². The first-order valence-corrected chi connectivity index (χ1v) is 14.2. The Hall–Kier alpha value is -0.940. The first-order chi connectivity index (χ1) is 18.5. The molecule has 0 amide bonds. The molecule has 0 aromatic heterocycles. The van der Waals surface area contributed by atoms with Crippen LogP contribution in [0.1, 0.15) is 39.0 Å². The van der Waals surface area contributed by atoms with E-state index in [0.29, 0.717) is 31.3 Å². The molecule has 2 aliphatic heterocycles. The van der Waals surface area contributed by atoms with Crippen molar-refractivity contribution < 1.29 is 39.7 Å². The molecule has 0 aromatic rings. The normalized spacial score (nSPS) is 45.0. The van der Waals surface area contributed by atoms with Crippen molar-refractivity contribution in [1.29, 1.82) is 0 Å². The maximum Gasteiger partial charge on any atom is 0.184 e. The molecule has 39 heavy (non-hydrogen) atoms. The van der Waals surface area contributed by atoms with Gasteiger partial charge in [-0.05, 0) is 51.1 Å². The predicted molar refractivity (Wildman–Crippen MR) is 142 cm³/mol. The van der Waals surface area contributed by atoms with Gasteiger partial charge in [0.1, 0.15) is 24.1 Å². The van der Waals surface area contributed by atoms with Crippen LogP contribution in [0.25, 0.3) is 0 Å². The summed E-state index contributed by atoms with van der Waals surface area (Å²) in [4.78, 5) is 0. The number of rotatable bonds is 11. The average Bonchev–Trinajstić information content (AvgIpc) is 2.86. The van der Waals surface area contributed by atoms with Crippen molar-refractivity contribution in [3.05, 3.63) is 11.8 Å².